The first-order valence-electron chi connectivity index (χ1n) is 8.15. The van der Waals surface area contributed by atoms with E-state index >= 15 is 0 Å². The van der Waals surface area contributed by atoms with Crippen molar-refractivity contribution in [1.82, 2.24) is 5.01 Å². The molecule has 23 heavy (non-hydrogen) atoms. The minimum atomic E-state index is -0.185. The van der Waals surface area contributed by atoms with Crippen molar-refractivity contribution in [1.29, 1.82) is 0 Å². The average Bonchev–Trinajstić information content (AvgIpc) is 3.14. The number of benzene rings is 1. The summed E-state index contributed by atoms with van der Waals surface area (Å²) in [6.45, 7) is 6.10. The number of hydrogen-bond donors (Lipinski definition) is 0. The lowest BCUT2D eigenvalue weighted by Gasteiger charge is -2.13. The Hall–Kier alpha value is -2.23. The fourth-order valence-electron chi connectivity index (χ4n) is 4.51. The second-order valence-corrected chi connectivity index (χ2v) is 7.05. The number of imide groups is 1. The Labute approximate surface area is 135 Å². The van der Waals surface area contributed by atoms with Crippen LogP contribution in [-0.4, -0.2) is 23.0 Å². The predicted octanol–water partition coefficient (Wildman–Crippen LogP) is 2.75. The summed E-state index contributed by atoms with van der Waals surface area (Å²) in [4.78, 5) is 25.2. The minimum absolute atomic E-state index is 0.129. The zero-order valence-corrected chi connectivity index (χ0v) is 13.6. The maximum absolute atomic E-state index is 12.6. The number of rotatable bonds is 2. The lowest BCUT2D eigenvalue weighted by atomic mass is 9.85. The summed E-state index contributed by atoms with van der Waals surface area (Å²) in [5, 5.41) is 5.38. The van der Waals surface area contributed by atoms with Crippen LogP contribution in [0.15, 0.2) is 29.4 Å². The third-order valence-corrected chi connectivity index (χ3v) is 5.49. The Bertz CT molecular complexity index is 725. The first-order chi connectivity index (χ1) is 11.0. The SMILES string of the molecule is Cc1cc(C)c(C=NN2C(=O)C3C4C=CC(C4)C3C2=O)c(C)c1. The highest BCUT2D eigenvalue weighted by molar-refractivity contribution is 6.06. The van der Waals surface area contributed by atoms with Crippen LogP contribution in [0.4, 0.5) is 0 Å². The summed E-state index contributed by atoms with van der Waals surface area (Å²) < 4.78 is 0. The van der Waals surface area contributed by atoms with Gasteiger partial charge in [-0.1, -0.05) is 29.8 Å². The molecule has 0 spiro atoms. The summed E-state index contributed by atoms with van der Waals surface area (Å²) in [7, 11) is 0. The smallest absolute Gasteiger partial charge is 0.254 e. The second-order valence-electron chi connectivity index (χ2n) is 7.05. The summed E-state index contributed by atoms with van der Waals surface area (Å²) in [6, 6.07) is 4.17. The molecule has 4 nitrogen and oxygen atoms in total. The molecular weight excluding hydrogens is 288 g/mol. The van der Waals surface area contributed by atoms with Gasteiger partial charge in [-0.3, -0.25) is 9.59 Å². The van der Waals surface area contributed by atoms with Crippen LogP contribution < -0.4 is 0 Å². The van der Waals surface area contributed by atoms with Crippen molar-refractivity contribution in [2.75, 3.05) is 0 Å². The fraction of sp³-hybridized carbons (Fsp3) is 0.421. The molecule has 0 aromatic heterocycles. The van der Waals surface area contributed by atoms with Gasteiger partial charge in [0.2, 0.25) is 0 Å². The second kappa shape index (κ2) is 4.88. The summed E-state index contributed by atoms with van der Waals surface area (Å²) in [5.74, 6) is -0.176. The Balaban J connectivity index is 1.63. The number of allylic oxidation sites excluding steroid dienone is 2. The van der Waals surface area contributed by atoms with E-state index in [0.717, 1.165) is 28.1 Å². The number of hydrazone groups is 1. The van der Waals surface area contributed by atoms with Gasteiger partial charge in [-0.05, 0) is 50.2 Å². The van der Waals surface area contributed by atoms with Crippen LogP contribution in [0.25, 0.3) is 0 Å². The molecule has 0 N–H and O–H groups in total. The van der Waals surface area contributed by atoms with E-state index in [1.165, 1.54) is 5.56 Å². The zero-order valence-electron chi connectivity index (χ0n) is 13.6. The van der Waals surface area contributed by atoms with Gasteiger partial charge in [0, 0.05) is 5.56 Å². The van der Waals surface area contributed by atoms with E-state index < -0.39 is 0 Å². The Morgan fingerprint density at radius 3 is 2.04 bits per heavy atom. The molecule has 3 aliphatic rings. The lowest BCUT2D eigenvalue weighted by Crippen LogP contribution is -2.28. The standard InChI is InChI=1S/C19H20N2O2/c1-10-6-11(2)15(12(3)7-10)9-20-21-18(22)16-13-4-5-14(8-13)17(16)19(21)23/h4-7,9,13-14,16-17H,8H2,1-3H3. The quantitative estimate of drug-likeness (QED) is 0.479. The zero-order chi connectivity index (χ0) is 16.3. The highest BCUT2D eigenvalue weighted by Crippen LogP contribution is 2.52. The molecular formula is C19H20N2O2. The van der Waals surface area contributed by atoms with Crippen LogP contribution in [0.5, 0.6) is 0 Å². The van der Waals surface area contributed by atoms with E-state index in [-0.39, 0.29) is 35.5 Å². The number of hydrogen-bond acceptors (Lipinski definition) is 3. The van der Waals surface area contributed by atoms with Crippen LogP contribution in [0.1, 0.15) is 28.7 Å². The molecule has 1 heterocycles. The van der Waals surface area contributed by atoms with E-state index in [1.54, 1.807) is 6.21 Å². The van der Waals surface area contributed by atoms with E-state index in [2.05, 4.69) is 36.3 Å². The molecule has 0 radical (unpaired) electrons. The molecule has 1 aromatic rings. The van der Waals surface area contributed by atoms with Gasteiger partial charge in [0.1, 0.15) is 0 Å². The molecule has 4 atom stereocenters. The van der Waals surface area contributed by atoms with Crippen LogP contribution >= 0.6 is 0 Å². The molecule has 1 saturated heterocycles. The molecule has 1 saturated carbocycles. The normalized spacial score (nSPS) is 31.7. The highest BCUT2D eigenvalue weighted by atomic mass is 16.2. The third-order valence-electron chi connectivity index (χ3n) is 5.49. The first-order valence-corrected chi connectivity index (χ1v) is 8.15. The van der Waals surface area contributed by atoms with Crippen LogP contribution in [-0.2, 0) is 9.59 Å². The van der Waals surface area contributed by atoms with Gasteiger partial charge in [-0.2, -0.15) is 10.1 Å². The number of carbonyl (C=O) groups is 2. The average molecular weight is 308 g/mol. The van der Waals surface area contributed by atoms with Crippen molar-refractivity contribution in [3.63, 3.8) is 0 Å². The predicted molar refractivity (Wildman–Crippen MR) is 87.8 cm³/mol. The number of carbonyl (C=O) groups excluding carboxylic acids is 2. The molecule has 1 aromatic carbocycles. The number of aryl methyl sites for hydroxylation is 3. The van der Waals surface area contributed by atoms with Crippen molar-refractivity contribution in [3.05, 3.63) is 46.5 Å². The first kappa shape index (κ1) is 14.4. The number of fused-ring (bicyclic) bond motifs is 5. The fourth-order valence-corrected chi connectivity index (χ4v) is 4.51. The summed E-state index contributed by atoms with van der Waals surface area (Å²) in [5.41, 5.74) is 4.39. The van der Waals surface area contributed by atoms with Crippen molar-refractivity contribution in [3.8, 4) is 0 Å². The molecule has 118 valence electrons. The molecule has 4 unspecified atom stereocenters. The lowest BCUT2D eigenvalue weighted by molar-refractivity contribution is -0.140. The van der Waals surface area contributed by atoms with Crippen LogP contribution in [0.2, 0.25) is 0 Å². The van der Waals surface area contributed by atoms with Gasteiger partial charge in [0.05, 0.1) is 18.1 Å². The Kier molecular flexibility index (Phi) is 3.05. The monoisotopic (exact) mass is 308 g/mol. The highest BCUT2D eigenvalue weighted by Gasteiger charge is 2.59. The third kappa shape index (κ3) is 2.01. The van der Waals surface area contributed by atoms with Crippen molar-refractivity contribution >= 4 is 18.0 Å². The van der Waals surface area contributed by atoms with Crippen LogP contribution in [0, 0.1) is 44.4 Å². The molecule has 2 aliphatic carbocycles. The molecule has 2 bridgehead atoms. The topological polar surface area (TPSA) is 49.7 Å². The Morgan fingerprint density at radius 2 is 1.52 bits per heavy atom. The molecule has 1 aliphatic heterocycles. The number of nitrogens with zero attached hydrogens (tertiary/aromatic N) is 2. The summed E-state index contributed by atoms with van der Waals surface area (Å²) in [6.07, 6.45) is 6.80. The maximum Gasteiger partial charge on any atom is 0.254 e. The summed E-state index contributed by atoms with van der Waals surface area (Å²) >= 11 is 0. The molecule has 4 rings (SSSR count). The van der Waals surface area contributed by atoms with E-state index in [1.807, 2.05) is 13.8 Å². The number of amides is 2. The Morgan fingerprint density at radius 1 is 1.00 bits per heavy atom. The molecule has 2 amide bonds. The van der Waals surface area contributed by atoms with E-state index in [9.17, 15) is 9.59 Å². The molecule has 4 heteroatoms. The largest absolute Gasteiger partial charge is 0.272 e. The van der Waals surface area contributed by atoms with Crippen molar-refractivity contribution in [2.24, 2.45) is 28.8 Å². The van der Waals surface area contributed by atoms with Gasteiger partial charge in [-0.15, -0.1) is 0 Å². The van der Waals surface area contributed by atoms with Crippen molar-refractivity contribution in [2.45, 2.75) is 27.2 Å². The van der Waals surface area contributed by atoms with Gasteiger partial charge in [-0.25, -0.2) is 0 Å². The van der Waals surface area contributed by atoms with E-state index in [0.29, 0.717) is 0 Å². The van der Waals surface area contributed by atoms with Gasteiger partial charge in [0.15, 0.2) is 0 Å². The van der Waals surface area contributed by atoms with Crippen molar-refractivity contribution < 1.29 is 9.59 Å². The molecule has 2 fully saturated rings. The van der Waals surface area contributed by atoms with Gasteiger partial charge >= 0.3 is 0 Å². The minimum Gasteiger partial charge on any atom is -0.272 e. The van der Waals surface area contributed by atoms with Crippen LogP contribution in [0.3, 0.4) is 0 Å². The van der Waals surface area contributed by atoms with Gasteiger partial charge in [0.25, 0.3) is 11.8 Å². The van der Waals surface area contributed by atoms with Gasteiger partial charge < -0.3 is 0 Å². The maximum atomic E-state index is 12.6. The van der Waals surface area contributed by atoms with E-state index in [4.69, 9.17) is 0 Å².